The summed E-state index contributed by atoms with van der Waals surface area (Å²) >= 11 is 0. The Morgan fingerprint density at radius 1 is 1.10 bits per heavy atom. The summed E-state index contributed by atoms with van der Waals surface area (Å²) in [6.07, 6.45) is 4.34. The Labute approximate surface area is 119 Å². The van der Waals surface area contributed by atoms with Crippen LogP contribution in [0.4, 0.5) is 5.69 Å². The lowest BCUT2D eigenvalue weighted by Crippen LogP contribution is -2.35. The number of rotatable bonds is 4. The van der Waals surface area contributed by atoms with E-state index in [1.165, 1.54) is 0 Å². The van der Waals surface area contributed by atoms with Gasteiger partial charge in [0.25, 0.3) is 0 Å². The molecule has 108 valence electrons. The molecule has 5 nitrogen and oxygen atoms in total. The average molecular weight is 294 g/mol. The predicted molar refractivity (Wildman–Crippen MR) is 76.0 cm³/mol. The Hall–Kier alpha value is -1.40. The fraction of sp³-hybridized carbons (Fsp3) is 0.500. The average Bonchev–Trinajstić information content (AvgIpc) is 3.23. The van der Waals surface area contributed by atoms with Gasteiger partial charge < -0.3 is 4.90 Å². The summed E-state index contributed by atoms with van der Waals surface area (Å²) < 4.78 is 26.7. The second-order valence-corrected chi connectivity index (χ2v) is 7.11. The third kappa shape index (κ3) is 2.86. The number of carbonyl (C=O) groups excluding carboxylic acids is 1. The van der Waals surface area contributed by atoms with Gasteiger partial charge in [-0.25, -0.2) is 13.1 Å². The van der Waals surface area contributed by atoms with Gasteiger partial charge in [0.1, 0.15) is 0 Å². The molecule has 0 radical (unpaired) electrons. The van der Waals surface area contributed by atoms with E-state index in [0.29, 0.717) is 13.0 Å². The molecule has 20 heavy (non-hydrogen) atoms. The standard InChI is InChI=1S/C14H18N2O3S/c17-14-3-1-2-10-16(14)12-6-8-13(9-7-12)20(18,19)15-11-4-5-11/h6-9,11,15H,1-5,10H2. The molecule has 0 atom stereocenters. The van der Waals surface area contributed by atoms with Crippen LogP contribution in [-0.2, 0) is 14.8 Å². The lowest BCUT2D eigenvalue weighted by Gasteiger charge is -2.26. The van der Waals surface area contributed by atoms with Crippen LogP contribution in [0.5, 0.6) is 0 Å². The molecule has 1 aromatic rings. The highest BCUT2D eigenvalue weighted by Crippen LogP contribution is 2.25. The smallest absolute Gasteiger partial charge is 0.240 e. The Bertz CT molecular complexity index is 606. The molecule has 0 spiro atoms. The second-order valence-electron chi connectivity index (χ2n) is 5.39. The first-order valence-electron chi connectivity index (χ1n) is 6.99. The molecule has 1 aliphatic heterocycles. The Kier molecular flexibility index (Phi) is 3.52. The van der Waals surface area contributed by atoms with Gasteiger partial charge >= 0.3 is 0 Å². The van der Waals surface area contributed by atoms with Crippen LogP contribution in [0.25, 0.3) is 0 Å². The number of nitrogens with zero attached hydrogens (tertiary/aromatic N) is 1. The molecule has 0 unspecified atom stereocenters. The number of amides is 1. The second kappa shape index (κ2) is 5.18. The molecule has 0 aromatic heterocycles. The van der Waals surface area contributed by atoms with Crippen molar-refractivity contribution in [3.8, 4) is 0 Å². The van der Waals surface area contributed by atoms with Crippen molar-refractivity contribution in [2.75, 3.05) is 11.4 Å². The number of piperidine rings is 1. The zero-order valence-corrected chi connectivity index (χ0v) is 12.0. The van der Waals surface area contributed by atoms with E-state index in [1.807, 2.05) is 0 Å². The zero-order valence-electron chi connectivity index (χ0n) is 11.2. The molecule has 3 rings (SSSR count). The Balaban J connectivity index is 1.78. The SMILES string of the molecule is O=C1CCCCN1c1ccc(S(=O)(=O)NC2CC2)cc1. The Morgan fingerprint density at radius 2 is 1.80 bits per heavy atom. The van der Waals surface area contributed by atoms with E-state index in [2.05, 4.69) is 4.72 Å². The van der Waals surface area contributed by atoms with Crippen molar-refractivity contribution in [3.63, 3.8) is 0 Å². The van der Waals surface area contributed by atoms with Crippen molar-refractivity contribution >= 4 is 21.6 Å². The quantitative estimate of drug-likeness (QED) is 0.918. The van der Waals surface area contributed by atoms with Crippen molar-refractivity contribution in [1.82, 2.24) is 4.72 Å². The molecule has 0 bridgehead atoms. The number of nitrogens with one attached hydrogen (secondary N) is 1. The van der Waals surface area contributed by atoms with Crippen molar-refractivity contribution in [1.29, 1.82) is 0 Å². The topological polar surface area (TPSA) is 66.5 Å². The van der Waals surface area contributed by atoms with E-state index in [-0.39, 0.29) is 16.8 Å². The van der Waals surface area contributed by atoms with Crippen LogP contribution in [0, 0.1) is 0 Å². The van der Waals surface area contributed by atoms with Crippen LogP contribution in [-0.4, -0.2) is 26.9 Å². The lowest BCUT2D eigenvalue weighted by molar-refractivity contribution is -0.119. The van der Waals surface area contributed by atoms with E-state index in [0.717, 1.165) is 31.4 Å². The molecule has 1 saturated carbocycles. The summed E-state index contributed by atoms with van der Waals surface area (Å²) in [6, 6.07) is 6.67. The molecule has 6 heteroatoms. The first kappa shape index (κ1) is 13.6. The number of benzene rings is 1. The fourth-order valence-electron chi connectivity index (χ4n) is 2.37. The number of hydrogen-bond acceptors (Lipinski definition) is 3. The summed E-state index contributed by atoms with van der Waals surface area (Å²) in [4.78, 5) is 13.8. The molecular weight excluding hydrogens is 276 g/mol. The van der Waals surface area contributed by atoms with E-state index >= 15 is 0 Å². The first-order chi connectivity index (χ1) is 9.56. The number of hydrogen-bond donors (Lipinski definition) is 1. The van der Waals surface area contributed by atoms with Gasteiger partial charge in [-0.3, -0.25) is 4.79 Å². The summed E-state index contributed by atoms with van der Waals surface area (Å²) in [5.41, 5.74) is 0.778. The summed E-state index contributed by atoms with van der Waals surface area (Å²) in [5.74, 6) is 0.114. The minimum absolute atomic E-state index is 0.100. The predicted octanol–water partition coefficient (Wildman–Crippen LogP) is 1.64. The normalized spacial score (nSPS) is 20.2. The molecule has 1 N–H and O–H groups in total. The van der Waals surface area contributed by atoms with Gasteiger partial charge in [0, 0.05) is 24.7 Å². The highest BCUT2D eigenvalue weighted by atomic mass is 32.2. The van der Waals surface area contributed by atoms with Crippen LogP contribution >= 0.6 is 0 Å². The third-order valence-corrected chi connectivity index (χ3v) is 5.22. The maximum Gasteiger partial charge on any atom is 0.240 e. The molecule has 1 saturated heterocycles. The van der Waals surface area contributed by atoms with Gasteiger partial charge in [0.15, 0.2) is 0 Å². The minimum atomic E-state index is -3.41. The van der Waals surface area contributed by atoms with E-state index in [9.17, 15) is 13.2 Å². The fourth-order valence-corrected chi connectivity index (χ4v) is 3.68. The van der Waals surface area contributed by atoms with Gasteiger partial charge in [-0.2, -0.15) is 0 Å². The summed E-state index contributed by atoms with van der Waals surface area (Å²) in [7, 11) is -3.41. The first-order valence-corrected chi connectivity index (χ1v) is 8.47. The van der Waals surface area contributed by atoms with Crippen molar-refractivity contribution < 1.29 is 13.2 Å². The van der Waals surface area contributed by atoms with Crippen LogP contribution < -0.4 is 9.62 Å². The van der Waals surface area contributed by atoms with Crippen LogP contribution in [0.3, 0.4) is 0 Å². The largest absolute Gasteiger partial charge is 0.312 e. The molecule has 1 aromatic carbocycles. The highest BCUT2D eigenvalue weighted by molar-refractivity contribution is 7.89. The van der Waals surface area contributed by atoms with E-state index < -0.39 is 10.0 Å². The monoisotopic (exact) mass is 294 g/mol. The minimum Gasteiger partial charge on any atom is -0.312 e. The van der Waals surface area contributed by atoms with Gasteiger partial charge in [0.05, 0.1) is 4.90 Å². The molecule has 2 aliphatic rings. The molecule has 2 fully saturated rings. The van der Waals surface area contributed by atoms with Crippen LogP contribution in [0.15, 0.2) is 29.2 Å². The van der Waals surface area contributed by atoms with Crippen molar-refractivity contribution in [2.45, 2.75) is 43.0 Å². The lowest BCUT2D eigenvalue weighted by atomic mass is 10.1. The van der Waals surface area contributed by atoms with Gasteiger partial charge in [-0.1, -0.05) is 0 Å². The van der Waals surface area contributed by atoms with Gasteiger partial charge in [-0.05, 0) is 49.9 Å². The molecule has 1 heterocycles. The highest BCUT2D eigenvalue weighted by Gasteiger charge is 2.28. The summed E-state index contributed by atoms with van der Waals surface area (Å²) in [6.45, 7) is 0.714. The molecular formula is C14H18N2O3S. The Morgan fingerprint density at radius 3 is 2.40 bits per heavy atom. The molecule has 1 amide bonds. The van der Waals surface area contributed by atoms with E-state index in [4.69, 9.17) is 0 Å². The van der Waals surface area contributed by atoms with Crippen LogP contribution in [0.2, 0.25) is 0 Å². The zero-order chi connectivity index (χ0) is 14.2. The summed E-state index contributed by atoms with van der Waals surface area (Å²) in [5, 5.41) is 0. The van der Waals surface area contributed by atoms with Gasteiger partial charge in [0.2, 0.25) is 15.9 Å². The number of carbonyl (C=O) groups is 1. The van der Waals surface area contributed by atoms with Crippen molar-refractivity contribution in [3.05, 3.63) is 24.3 Å². The number of sulfonamides is 1. The maximum atomic E-state index is 12.0. The maximum absolute atomic E-state index is 12.0. The number of anilines is 1. The van der Waals surface area contributed by atoms with Gasteiger partial charge in [-0.15, -0.1) is 0 Å². The van der Waals surface area contributed by atoms with Crippen molar-refractivity contribution in [2.24, 2.45) is 0 Å². The van der Waals surface area contributed by atoms with Crippen LogP contribution in [0.1, 0.15) is 32.1 Å². The van der Waals surface area contributed by atoms with E-state index in [1.54, 1.807) is 29.2 Å². The molecule has 1 aliphatic carbocycles. The third-order valence-electron chi connectivity index (χ3n) is 3.68.